The minimum Gasteiger partial charge on any atom is -0.376 e. The SMILES string of the molecule is O=c1c2c([nH]c3c(Cl)cc(Cl)cc13)CCOC2. The van der Waals surface area contributed by atoms with Crippen LogP contribution < -0.4 is 5.43 Å². The Morgan fingerprint density at radius 1 is 1.29 bits per heavy atom. The summed E-state index contributed by atoms with van der Waals surface area (Å²) in [6, 6.07) is 3.27. The molecule has 3 nitrogen and oxygen atoms in total. The second-order valence-corrected chi connectivity index (χ2v) is 4.87. The van der Waals surface area contributed by atoms with E-state index in [0.717, 1.165) is 5.69 Å². The van der Waals surface area contributed by atoms with Crippen LogP contribution in [0.5, 0.6) is 0 Å². The maximum Gasteiger partial charge on any atom is 0.195 e. The summed E-state index contributed by atoms with van der Waals surface area (Å²) in [5, 5.41) is 1.45. The van der Waals surface area contributed by atoms with Gasteiger partial charge in [-0.15, -0.1) is 0 Å². The van der Waals surface area contributed by atoms with Crippen molar-refractivity contribution in [3.63, 3.8) is 0 Å². The molecule has 1 aromatic carbocycles. The Balaban J connectivity index is 2.44. The van der Waals surface area contributed by atoms with Crippen molar-refractivity contribution in [3.8, 4) is 0 Å². The highest BCUT2D eigenvalue weighted by atomic mass is 35.5. The Morgan fingerprint density at radius 3 is 2.94 bits per heavy atom. The first-order valence-electron chi connectivity index (χ1n) is 5.27. The predicted octanol–water partition coefficient (Wildman–Crippen LogP) is 2.91. The van der Waals surface area contributed by atoms with Crippen molar-refractivity contribution in [2.75, 3.05) is 6.61 Å². The predicted molar refractivity (Wildman–Crippen MR) is 67.9 cm³/mol. The molecule has 5 heteroatoms. The summed E-state index contributed by atoms with van der Waals surface area (Å²) in [6.07, 6.45) is 0.708. The number of nitrogens with one attached hydrogen (secondary N) is 1. The molecule has 0 saturated heterocycles. The highest BCUT2D eigenvalue weighted by Gasteiger charge is 2.17. The average Bonchev–Trinajstić information content (AvgIpc) is 2.31. The Labute approximate surface area is 107 Å². The van der Waals surface area contributed by atoms with E-state index in [0.29, 0.717) is 46.1 Å². The maximum atomic E-state index is 12.3. The van der Waals surface area contributed by atoms with Gasteiger partial charge in [-0.05, 0) is 12.1 Å². The molecule has 0 fully saturated rings. The van der Waals surface area contributed by atoms with Gasteiger partial charge in [0.2, 0.25) is 0 Å². The molecule has 0 atom stereocenters. The van der Waals surface area contributed by atoms with Crippen molar-refractivity contribution in [3.05, 3.63) is 43.7 Å². The van der Waals surface area contributed by atoms with E-state index in [1.165, 1.54) is 0 Å². The summed E-state index contributed by atoms with van der Waals surface area (Å²) in [6.45, 7) is 0.977. The van der Waals surface area contributed by atoms with Crippen LogP contribution in [0.4, 0.5) is 0 Å². The molecule has 17 heavy (non-hydrogen) atoms. The summed E-state index contributed by atoms with van der Waals surface area (Å²) in [7, 11) is 0. The Kier molecular flexibility index (Phi) is 2.62. The number of H-pyrrole nitrogens is 1. The van der Waals surface area contributed by atoms with Crippen LogP contribution in [0.1, 0.15) is 11.3 Å². The normalized spacial score (nSPS) is 14.9. The fourth-order valence-corrected chi connectivity index (χ4v) is 2.66. The number of ether oxygens (including phenoxy) is 1. The van der Waals surface area contributed by atoms with Gasteiger partial charge >= 0.3 is 0 Å². The number of hydrogen-bond acceptors (Lipinski definition) is 2. The molecule has 2 heterocycles. The van der Waals surface area contributed by atoms with Crippen LogP contribution in [0.2, 0.25) is 10.0 Å². The molecule has 0 aliphatic carbocycles. The van der Waals surface area contributed by atoms with Crippen LogP contribution >= 0.6 is 23.2 Å². The summed E-state index contributed by atoms with van der Waals surface area (Å²) in [5.41, 5.74) is 2.21. The molecule has 0 radical (unpaired) electrons. The first-order chi connectivity index (χ1) is 8.16. The van der Waals surface area contributed by atoms with E-state index in [9.17, 15) is 4.79 Å². The summed E-state index contributed by atoms with van der Waals surface area (Å²) < 4.78 is 5.30. The first kappa shape index (κ1) is 11.1. The van der Waals surface area contributed by atoms with Gasteiger partial charge in [-0.3, -0.25) is 4.79 Å². The maximum absolute atomic E-state index is 12.3. The van der Waals surface area contributed by atoms with E-state index in [1.54, 1.807) is 12.1 Å². The van der Waals surface area contributed by atoms with Gasteiger partial charge in [0.15, 0.2) is 5.43 Å². The van der Waals surface area contributed by atoms with Crippen LogP contribution in [0.15, 0.2) is 16.9 Å². The molecule has 1 aromatic heterocycles. The van der Waals surface area contributed by atoms with Crippen molar-refractivity contribution >= 4 is 34.1 Å². The van der Waals surface area contributed by atoms with Crippen LogP contribution in [0.25, 0.3) is 10.9 Å². The number of aromatic amines is 1. The van der Waals surface area contributed by atoms with Crippen LogP contribution in [-0.2, 0) is 17.8 Å². The highest BCUT2D eigenvalue weighted by Crippen LogP contribution is 2.26. The lowest BCUT2D eigenvalue weighted by atomic mass is 10.1. The summed E-state index contributed by atoms with van der Waals surface area (Å²) in [5.74, 6) is 0. The standard InChI is InChI=1S/C12H9Cl2NO2/c13-6-3-7-11(9(14)4-6)15-10-1-2-17-5-8(10)12(7)16/h3-4H,1-2,5H2,(H,15,16). The van der Waals surface area contributed by atoms with Crippen molar-refractivity contribution in [2.45, 2.75) is 13.0 Å². The second-order valence-electron chi connectivity index (χ2n) is 4.02. The molecule has 0 unspecified atom stereocenters. The third kappa shape index (κ3) is 1.75. The van der Waals surface area contributed by atoms with Crippen LogP contribution in [0.3, 0.4) is 0 Å². The first-order valence-corrected chi connectivity index (χ1v) is 6.03. The molecule has 3 rings (SSSR count). The molecule has 88 valence electrons. The second kappa shape index (κ2) is 4.02. The lowest BCUT2D eigenvalue weighted by Gasteiger charge is -2.17. The van der Waals surface area contributed by atoms with Crippen molar-refractivity contribution < 1.29 is 4.74 Å². The minimum absolute atomic E-state index is 0.0437. The highest BCUT2D eigenvalue weighted by molar-refractivity contribution is 6.38. The summed E-state index contributed by atoms with van der Waals surface area (Å²) in [4.78, 5) is 15.5. The molecule has 1 aliphatic heterocycles. The number of benzene rings is 1. The molecule has 2 aromatic rings. The smallest absolute Gasteiger partial charge is 0.195 e. The van der Waals surface area contributed by atoms with E-state index in [-0.39, 0.29) is 5.43 Å². The van der Waals surface area contributed by atoms with Gasteiger partial charge in [0.05, 0.1) is 23.8 Å². The Hall–Kier alpha value is -1.03. The van der Waals surface area contributed by atoms with E-state index >= 15 is 0 Å². The zero-order valence-corrected chi connectivity index (χ0v) is 10.4. The molecular weight excluding hydrogens is 261 g/mol. The Bertz CT molecular complexity index is 664. The molecule has 0 spiro atoms. The van der Waals surface area contributed by atoms with Crippen LogP contribution in [0, 0.1) is 0 Å². The average molecular weight is 270 g/mol. The van der Waals surface area contributed by atoms with Gasteiger partial charge in [0, 0.05) is 28.1 Å². The van der Waals surface area contributed by atoms with Gasteiger partial charge in [-0.2, -0.15) is 0 Å². The fourth-order valence-electron chi connectivity index (χ4n) is 2.12. The van der Waals surface area contributed by atoms with Gasteiger partial charge in [0.1, 0.15) is 0 Å². The van der Waals surface area contributed by atoms with Crippen LogP contribution in [-0.4, -0.2) is 11.6 Å². The molecule has 1 N–H and O–H groups in total. The van der Waals surface area contributed by atoms with Gasteiger partial charge in [0.25, 0.3) is 0 Å². The number of halogens is 2. The quantitative estimate of drug-likeness (QED) is 0.799. The molecule has 0 saturated carbocycles. The fraction of sp³-hybridized carbons (Fsp3) is 0.250. The number of hydrogen-bond donors (Lipinski definition) is 1. The third-order valence-electron chi connectivity index (χ3n) is 2.96. The van der Waals surface area contributed by atoms with E-state index in [4.69, 9.17) is 27.9 Å². The lowest BCUT2D eigenvalue weighted by molar-refractivity contribution is 0.109. The largest absolute Gasteiger partial charge is 0.376 e. The zero-order chi connectivity index (χ0) is 12.0. The monoisotopic (exact) mass is 269 g/mol. The van der Waals surface area contributed by atoms with E-state index < -0.39 is 0 Å². The number of pyridine rings is 1. The molecule has 0 amide bonds. The molecular formula is C12H9Cl2NO2. The minimum atomic E-state index is -0.0437. The molecule has 0 bridgehead atoms. The Morgan fingerprint density at radius 2 is 2.12 bits per heavy atom. The topological polar surface area (TPSA) is 42.1 Å². The van der Waals surface area contributed by atoms with Crippen molar-refractivity contribution in [1.29, 1.82) is 0 Å². The zero-order valence-electron chi connectivity index (χ0n) is 8.85. The number of rotatable bonds is 0. The van der Waals surface area contributed by atoms with Crippen molar-refractivity contribution in [1.82, 2.24) is 4.98 Å². The number of aromatic nitrogens is 1. The van der Waals surface area contributed by atoms with E-state index in [1.807, 2.05) is 0 Å². The van der Waals surface area contributed by atoms with Crippen molar-refractivity contribution in [2.24, 2.45) is 0 Å². The van der Waals surface area contributed by atoms with Gasteiger partial charge in [-0.25, -0.2) is 0 Å². The lowest BCUT2D eigenvalue weighted by Crippen LogP contribution is -2.21. The summed E-state index contributed by atoms with van der Waals surface area (Å²) >= 11 is 12.0. The molecule has 1 aliphatic rings. The van der Waals surface area contributed by atoms with E-state index in [2.05, 4.69) is 4.98 Å². The third-order valence-corrected chi connectivity index (χ3v) is 3.47. The van der Waals surface area contributed by atoms with Gasteiger partial charge < -0.3 is 9.72 Å². The van der Waals surface area contributed by atoms with Gasteiger partial charge in [-0.1, -0.05) is 23.2 Å². The number of fused-ring (bicyclic) bond motifs is 2.